The monoisotopic (exact) mass is 362 g/mol. The molecule has 0 saturated carbocycles. The summed E-state index contributed by atoms with van der Waals surface area (Å²) in [6.07, 6.45) is 11.2. The maximum Gasteiger partial charge on any atom is 0.227 e. The highest BCUT2D eigenvalue weighted by Crippen LogP contribution is 2.37. The average Bonchev–Trinajstić information content (AvgIpc) is 2.94. The summed E-state index contributed by atoms with van der Waals surface area (Å²) < 4.78 is 0. The molecule has 3 aliphatic rings. The summed E-state index contributed by atoms with van der Waals surface area (Å²) in [5.41, 5.74) is 5.38. The third kappa shape index (κ3) is 3.30. The summed E-state index contributed by atoms with van der Waals surface area (Å²) in [7, 11) is 0. The highest BCUT2D eigenvalue weighted by Gasteiger charge is 2.26. The molecular formula is C23H30N4. The van der Waals surface area contributed by atoms with Crippen molar-refractivity contribution in [3.8, 4) is 11.3 Å². The van der Waals surface area contributed by atoms with Gasteiger partial charge in [0.15, 0.2) is 0 Å². The molecule has 2 saturated heterocycles. The van der Waals surface area contributed by atoms with E-state index in [1.807, 2.05) is 0 Å². The van der Waals surface area contributed by atoms with E-state index in [0.717, 1.165) is 45.0 Å². The van der Waals surface area contributed by atoms with Gasteiger partial charge in [0.1, 0.15) is 5.82 Å². The first-order chi connectivity index (χ1) is 13.4. The van der Waals surface area contributed by atoms with Gasteiger partial charge >= 0.3 is 0 Å². The summed E-state index contributed by atoms with van der Waals surface area (Å²) in [4.78, 5) is 15.3. The fraction of sp³-hybridized carbons (Fsp3) is 0.565. The fourth-order valence-corrected chi connectivity index (χ4v) is 4.94. The number of anilines is 2. The molecular weight excluding hydrogens is 332 g/mol. The van der Waals surface area contributed by atoms with Crippen LogP contribution in [0.25, 0.3) is 11.3 Å². The summed E-state index contributed by atoms with van der Waals surface area (Å²) in [5, 5.41) is 0. The molecule has 1 aromatic carbocycles. The number of benzene rings is 1. The molecule has 27 heavy (non-hydrogen) atoms. The average molecular weight is 363 g/mol. The van der Waals surface area contributed by atoms with Gasteiger partial charge in [-0.1, -0.05) is 24.3 Å². The van der Waals surface area contributed by atoms with Gasteiger partial charge in [-0.05, 0) is 63.4 Å². The zero-order valence-corrected chi connectivity index (χ0v) is 16.3. The Labute approximate surface area is 162 Å². The normalized spacial score (nSPS) is 20.0. The lowest BCUT2D eigenvalue weighted by molar-refractivity contribution is 0.559. The minimum Gasteiger partial charge on any atom is -0.356 e. The molecule has 5 rings (SSSR count). The SMILES string of the molecule is c1ccc2c(c1)CCCc1c-2nc(N2CCCCC2)nc1N1CCCCC1. The zero-order valence-electron chi connectivity index (χ0n) is 16.3. The van der Waals surface area contributed by atoms with Gasteiger partial charge in [-0.25, -0.2) is 4.98 Å². The maximum atomic E-state index is 5.19. The topological polar surface area (TPSA) is 32.3 Å². The van der Waals surface area contributed by atoms with E-state index >= 15 is 0 Å². The largest absolute Gasteiger partial charge is 0.356 e. The van der Waals surface area contributed by atoms with Crippen LogP contribution >= 0.6 is 0 Å². The molecule has 4 heteroatoms. The molecule has 0 atom stereocenters. The van der Waals surface area contributed by atoms with Crippen molar-refractivity contribution in [3.05, 3.63) is 35.4 Å². The first kappa shape index (κ1) is 17.0. The second-order valence-corrected chi connectivity index (χ2v) is 8.28. The number of hydrogen-bond acceptors (Lipinski definition) is 4. The van der Waals surface area contributed by atoms with E-state index in [1.165, 1.54) is 73.1 Å². The highest BCUT2D eigenvalue weighted by atomic mass is 15.3. The van der Waals surface area contributed by atoms with E-state index in [1.54, 1.807) is 0 Å². The predicted molar refractivity (Wildman–Crippen MR) is 112 cm³/mol. The zero-order chi connectivity index (χ0) is 18.1. The van der Waals surface area contributed by atoms with Crippen molar-refractivity contribution in [2.45, 2.75) is 57.8 Å². The number of nitrogens with zero attached hydrogens (tertiary/aromatic N) is 4. The smallest absolute Gasteiger partial charge is 0.227 e. The Balaban J connectivity index is 1.66. The summed E-state index contributed by atoms with van der Waals surface area (Å²) in [5.74, 6) is 2.20. The van der Waals surface area contributed by atoms with Gasteiger partial charge in [-0.15, -0.1) is 0 Å². The van der Waals surface area contributed by atoms with Crippen molar-refractivity contribution in [1.82, 2.24) is 9.97 Å². The van der Waals surface area contributed by atoms with Crippen molar-refractivity contribution < 1.29 is 0 Å². The fourth-order valence-electron chi connectivity index (χ4n) is 4.94. The van der Waals surface area contributed by atoms with Gasteiger partial charge < -0.3 is 9.80 Å². The van der Waals surface area contributed by atoms with Crippen molar-refractivity contribution in [3.63, 3.8) is 0 Å². The highest BCUT2D eigenvalue weighted by molar-refractivity contribution is 5.74. The molecule has 1 aromatic heterocycles. The van der Waals surface area contributed by atoms with E-state index in [-0.39, 0.29) is 0 Å². The lowest BCUT2D eigenvalue weighted by atomic mass is 10.0. The molecule has 0 amide bonds. The van der Waals surface area contributed by atoms with Crippen LogP contribution in [0.4, 0.5) is 11.8 Å². The third-order valence-electron chi connectivity index (χ3n) is 6.41. The minimum atomic E-state index is 0.964. The van der Waals surface area contributed by atoms with E-state index in [4.69, 9.17) is 9.97 Å². The van der Waals surface area contributed by atoms with Crippen LogP contribution in [-0.4, -0.2) is 36.1 Å². The molecule has 2 fully saturated rings. The van der Waals surface area contributed by atoms with Crippen LogP contribution in [0, 0.1) is 0 Å². The molecule has 4 nitrogen and oxygen atoms in total. The Bertz CT molecular complexity index is 804. The van der Waals surface area contributed by atoms with Gasteiger partial charge in [0.05, 0.1) is 5.69 Å². The van der Waals surface area contributed by atoms with Crippen LogP contribution in [0.2, 0.25) is 0 Å². The first-order valence-corrected chi connectivity index (χ1v) is 10.9. The maximum absolute atomic E-state index is 5.19. The quantitative estimate of drug-likeness (QED) is 0.781. The van der Waals surface area contributed by atoms with Crippen molar-refractivity contribution >= 4 is 11.8 Å². The van der Waals surface area contributed by atoms with Crippen LogP contribution in [0.15, 0.2) is 24.3 Å². The van der Waals surface area contributed by atoms with Crippen LogP contribution in [0.3, 0.4) is 0 Å². The Hall–Kier alpha value is -2.10. The van der Waals surface area contributed by atoms with Crippen molar-refractivity contribution in [1.29, 1.82) is 0 Å². The van der Waals surface area contributed by atoms with Gasteiger partial charge in [-0.3, -0.25) is 0 Å². The number of hydrogen-bond donors (Lipinski definition) is 0. The molecule has 0 N–H and O–H groups in total. The third-order valence-corrected chi connectivity index (χ3v) is 6.41. The number of aryl methyl sites for hydroxylation is 1. The predicted octanol–water partition coefficient (Wildman–Crippen LogP) is 4.61. The second-order valence-electron chi connectivity index (χ2n) is 8.28. The minimum absolute atomic E-state index is 0.964. The van der Waals surface area contributed by atoms with Crippen LogP contribution in [0.5, 0.6) is 0 Å². The number of rotatable bonds is 2. The van der Waals surface area contributed by atoms with Crippen LogP contribution < -0.4 is 9.80 Å². The Morgan fingerprint density at radius 1 is 0.667 bits per heavy atom. The lowest BCUT2D eigenvalue weighted by Crippen LogP contribution is -2.34. The Morgan fingerprint density at radius 2 is 1.37 bits per heavy atom. The van der Waals surface area contributed by atoms with E-state index in [0.29, 0.717) is 0 Å². The molecule has 1 aliphatic carbocycles. The number of piperidine rings is 2. The molecule has 2 aliphatic heterocycles. The molecule has 2 aromatic rings. The molecule has 0 bridgehead atoms. The van der Waals surface area contributed by atoms with E-state index in [9.17, 15) is 0 Å². The molecule has 0 radical (unpaired) electrons. The van der Waals surface area contributed by atoms with Crippen molar-refractivity contribution in [2.24, 2.45) is 0 Å². The Morgan fingerprint density at radius 3 is 2.15 bits per heavy atom. The van der Waals surface area contributed by atoms with Gasteiger partial charge in [-0.2, -0.15) is 4.98 Å². The standard InChI is InChI=1S/C23H30N4/c1-5-14-26(15-6-1)22-20-13-9-11-18-10-3-4-12-19(18)21(20)24-23(25-22)27-16-7-2-8-17-27/h3-4,10,12H,1-2,5-9,11,13-17H2. The summed E-state index contributed by atoms with van der Waals surface area (Å²) in [6, 6.07) is 8.89. The van der Waals surface area contributed by atoms with Gasteiger partial charge in [0, 0.05) is 37.3 Å². The number of fused-ring (bicyclic) bond motifs is 3. The molecule has 0 unspecified atom stereocenters. The molecule has 3 heterocycles. The lowest BCUT2D eigenvalue weighted by Gasteiger charge is -2.33. The molecule has 0 spiro atoms. The van der Waals surface area contributed by atoms with Crippen molar-refractivity contribution in [2.75, 3.05) is 36.0 Å². The van der Waals surface area contributed by atoms with Crippen LogP contribution in [0.1, 0.15) is 56.1 Å². The summed E-state index contributed by atoms with van der Waals surface area (Å²) >= 11 is 0. The second kappa shape index (κ2) is 7.49. The van der Waals surface area contributed by atoms with E-state index < -0.39 is 0 Å². The van der Waals surface area contributed by atoms with Gasteiger partial charge in [0.2, 0.25) is 5.95 Å². The first-order valence-electron chi connectivity index (χ1n) is 10.9. The molecule has 142 valence electrons. The number of aromatic nitrogens is 2. The van der Waals surface area contributed by atoms with Gasteiger partial charge in [0.25, 0.3) is 0 Å². The Kier molecular flexibility index (Phi) is 4.73. The van der Waals surface area contributed by atoms with E-state index in [2.05, 4.69) is 34.1 Å². The van der Waals surface area contributed by atoms with Crippen LogP contribution in [-0.2, 0) is 12.8 Å². The summed E-state index contributed by atoms with van der Waals surface area (Å²) in [6.45, 7) is 4.48.